The summed E-state index contributed by atoms with van der Waals surface area (Å²) in [5, 5.41) is 8.39. The second-order valence-corrected chi connectivity index (χ2v) is 3.89. The standard InChI is InChI=1S/C15H10N2O2/c16-10-19-15-6-4-12(5-7-15)8-13-2-1-3-14(9-13)17-11-18/h1-7,9H,8H2. The molecule has 0 spiro atoms. The van der Waals surface area contributed by atoms with E-state index in [9.17, 15) is 4.79 Å². The van der Waals surface area contributed by atoms with Crippen molar-refractivity contribution in [2.75, 3.05) is 0 Å². The van der Waals surface area contributed by atoms with E-state index >= 15 is 0 Å². The van der Waals surface area contributed by atoms with E-state index in [0.717, 1.165) is 17.5 Å². The summed E-state index contributed by atoms with van der Waals surface area (Å²) in [7, 11) is 0. The molecular formula is C15H10N2O2. The zero-order chi connectivity index (χ0) is 13.5. The van der Waals surface area contributed by atoms with E-state index in [0.29, 0.717) is 11.4 Å². The third kappa shape index (κ3) is 3.53. The first-order valence-corrected chi connectivity index (χ1v) is 5.63. The zero-order valence-electron chi connectivity index (χ0n) is 10.0. The Bertz CT molecular complexity index is 651. The third-order valence-corrected chi connectivity index (χ3v) is 2.58. The molecule has 0 unspecified atom stereocenters. The van der Waals surface area contributed by atoms with Gasteiger partial charge < -0.3 is 4.74 Å². The number of nitriles is 1. The Labute approximate surface area is 110 Å². The van der Waals surface area contributed by atoms with Crippen LogP contribution in [0.2, 0.25) is 0 Å². The Balaban J connectivity index is 2.14. The lowest BCUT2D eigenvalue weighted by molar-refractivity contribution is 0.507. The molecule has 0 amide bonds. The monoisotopic (exact) mass is 250 g/mol. The average Bonchev–Trinajstić information content (AvgIpc) is 2.42. The number of hydrogen-bond acceptors (Lipinski definition) is 4. The highest BCUT2D eigenvalue weighted by Gasteiger charge is 1.99. The molecule has 0 N–H and O–H groups in total. The number of aliphatic imine (C=N–C) groups is 1. The van der Waals surface area contributed by atoms with Gasteiger partial charge in [0.1, 0.15) is 5.75 Å². The predicted octanol–water partition coefficient (Wildman–Crippen LogP) is 3.10. The number of isocyanates is 1. The first kappa shape index (κ1) is 12.6. The normalized spacial score (nSPS) is 9.21. The van der Waals surface area contributed by atoms with Crippen LogP contribution >= 0.6 is 0 Å². The second kappa shape index (κ2) is 6.15. The molecular weight excluding hydrogens is 240 g/mol. The molecule has 19 heavy (non-hydrogen) atoms. The summed E-state index contributed by atoms with van der Waals surface area (Å²) in [6.45, 7) is 0. The fraction of sp³-hybridized carbons (Fsp3) is 0.0667. The van der Waals surface area contributed by atoms with E-state index in [1.807, 2.05) is 30.3 Å². The summed E-state index contributed by atoms with van der Waals surface area (Å²) < 4.78 is 4.71. The van der Waals surface area contributed by atoms with Gasteiger partial charge in [-0.1, -0.05) is 24.3 Å². The van der Waals surface area contributed by atoms with Gasteiger partial charge in [0.25, 0.3) is 6.26 Å². The first-order chi connectivity index (χ1) is 9.31. The van der Waals surface area contributed by atoms with Crippen molar-refractivity contribution in [1.29, 1.82) is 5.26 Å². The number of rotatable bonds is 4. The minimum atomic E-state index is 0.519. The number of ether oxygens (including phenoxy) is 1. The number of nitrogens with zero attached hydrogens (tertiary/aromatic N) is 2. The van der Waals surface area contributed by atoms with Gasteiger partial charge in [-0.25, -0.2) is 4.79 Å². The van der Waals surface area contributed by atoms with Crippen LogP contribution in [-0.4, -0.2) is 6.08 Å². The van der Waals surface area contributed by atoms with Crippen LogP contribution < -0.4 is 4.74 Å². The minimum Gasteiger partial charge on any atom is -0.388 e. The topological polar surface area (TPSA) is 62.4 Å². The molecule has 0 saturated carbocycles. The molecule has 2 rings (SSSR count). The molecule has 0 aliphatic carbocycles. The summed E-state index contributed by atoms with van der Waals surface area (Å²) in [5.74, 6) is 0.519. The minimum absolute atomic E-state index is 0.519. The molecule has 0 atom stereocenters. The number of hydrogen-bond donors (Lipinski definition) is 0. The van der Waals surface area contributed by atoms with Crippen LogP contribution in [0.1, 0.15) is 11.1 Å². The van der Waals surface area contributed by atoms with Crippen molar-refractivity contribution in [3.8, 4) is 12.0 Å². The third-order valence-electron chi connectivity index (χ3n) is 2.58. The molecule has 4 heteroatoms. The molecule has 0 heterocycles. The fourth-order valence-corrected chi connectivity index (χ4v) is 1.75. The highest BCUT2D eigenvalue weighted by molar-refractivity contribution is 5.50. The quantitative estimate of drug-likeness (QED) is 0.476. The Kier molecular flexibility index (Phi) is 4.07. The van der Waals surface area contributed by atoms with E-state index in [2.05, 4.69) is 4.99 Å². The van der Waals surface area contributed by atoms with Gasteiger partial charge in [0.05, 0.1) is 5.69 Å². The van der Waals surface area contributed by atoms with Crippen LogP contribution in [0, 0.1) is 11.5 Å². The van der Waals surface area contributed by atoms with E-state index in [4.69, 9.17) is 10.00 Å². The maximum atomic E-state index is 10.2. The van der Waals surface area contributed by atoms with Gasteiger partial charge in [-0.15, -0.1) is 5.26 Å². The predicted molar refractivity (Wildman–Crippen MR) is 69.7 cm³/mol. The number of benzene rings is 2. The van der Waals surface area contributed by atoms with Crippen molar-refractivity contribution >= 4 is 11.8 Å². The molecule has 0 radical (unpaired) electrons. The Hall–Kier alpha value is -2.89. The van der Waals surface area contributed by atoms with Gasteiger partial charge >= 0.3 is 0 Å². The van der Waals surface area contributed by atoms with Crippen molar-refractivity contribution in [3.05, 3.63) is 59.7 Å². The maximum Gasteiger partial charge on any atom is 0.292 e. The molecule has 4 nitrogen and oxygen atoms in total. The van der Waals surface area contributed by atoms with Crippen molar-refractivity contribution < 1.29 is 9.53 Å². The van der Waals surface area contributed by atoms with Gasteiger partial charge in [0.15, 0.2) is 0 Å². The lowest BCUT2D eigenvalue weighted by atomic mass is 10.0. The van der Waals surface area contributed by atoms with E-state index in [1.54, 1.807) is 24.5 Å². The molecule has 0 aliphatic rings. The average molecular weight is 250 g/mol. The SMILES string of the molecule is N#COc1ccc(Cc2cccc(N=C=O)c2)cc1. The van der Waals surface area contributed by atoms with Crippen LogP contribution in [0.15, 0.2) is 53.5 Å². The summed E-state index contributed by atoms with van der Waals surface area (Å²) in [4.78, 5) is 13.8. The Morgan fingerprint density at radius 1 is 1.11 bits per heavy atom. The van der Waals surface area contributed by atoms with Crippen molar-refractivity contribution in [2.24, 2.45) is 4.99 Å². The van der Waals surface area contributed by atoms with Crippen LogP contribution in [0.5, 0.6) is 5.75 Å². The lowest BCUT2D eigenvalue weighted by Gasteiger charge is -2.03. The van der Waals surface area contributed by atoms with E-state index in [-0.39, 0.29) is 0 Å². The van der Waals surface area contributed by atoms with Crippen LogP contribution in [0.25, 0.3) is 0 Å². The largest absolute Gasteiger partial charge is 0.388 e. The molecule has 0 fully saturated rings. The van der Waals surface area contributed by atoms with Crippen molar-refractivity contribution in [3.63, 3.8) is 0 Å². The van der Waals surface area contributed by atoms with Gasteiger partial charge in [-0.05, 0) is 41.8 Å². The van der Waals surface area contributed by atoms with Gasteiger partial charge in [-0.3, -0.25) is 0 Å². The van der Waals surface area contributed by atoms with Crippen LogP contribution in [0.3, 0.4) is 0 Å². The first-order valence-electron chi connectivity index (χ1n) is 5.63. The zero-order valence-corrected chi connectivity index (χ0v) is 10.0. The van der Waals surface area contributed by atoms with Crippen LogP contribution in [-0.2, 0) is 11.2 Å². The number of carbonyl (C=O) groups excluding carboxylic acids is 1. The molecule has 92 valence electrons. The maximum absolute atomic E-state index is 10.2. The molecule has 2 aromatic rings. The summed E-state index contributed by atoms with van der Waals surface area (Å²) in [6, 6.07) is 14.7. The molecule has 0 bridgehead atoms. The van der Waals surface area contributed by atoms with E-state index in [1.165, 1.54) is 6.08 Å². The summed E-state index contributed by atoms with van der Waals surface area (Å²) >= 11 is 0. The van der Waals surface area contributed by atoms with Gasteiger partial charge in [-0.2, -0.15) is 4.99 Å². The van der Waals surface area contributed by atoms with Crippen LogP contribution in [0.4, 0.5) is 5.69 Å². The Morgan fingerprint density at radius 2 is 1.89 bits per heavy atom. The smallest absolute Gasteiger partial charge is 0.292 e. The highest BCUT2D eigenvalue weighted by Crippen LogP contribution is 2.18. The van der Waals surface area contributed by atoms with Gasteiger partial charge in [0.2, 0.25) is 6.08 Å². The van der Waals surface area contributed by atoms with E-state index < -0.39 is 0 Å². The summed E-state index contributed by atoms with van der Waals surface area (Å²) in [6.07, 6.45) is 3.87. The molecule has 0 aliphatic heterocycles. The second-order valence-electron chi connectivity index (χ2n) is 3.89. The highest BCUT2D eigenvalue weighted by atomic mass is 16.5. The van der Waals surface area contributed by atoms with Gasteiger partial charge in [0, 0.05) is 0 Å². The lowest BCUT2D eigenvalue weighted by Crippen LogP contribution is -1.88. The van der Waals surface area contributed by atoms with Crippen molar-refractivity contribution in [1.82, 2.24) is 0 Å². The fourth-order valence-electron chi connectivity index (χ4n) is 1.75. The van der Waals surface area contributed by atoms with Crippen molar-refractivity contribution in [2.45, 2.75) is 6.42 Å². The molecule has 0 aromatic heterocycles. The Morgan fingerprint density at radius 3 is 2.58 bits per heavy atom. The molecule has 0 saturated heterocycles. The molecule has 2 aromatic carbocycles. The summed E-state index contributed by atoms with van der Waals surface area (Å²) in [5.41, 5.74) is 2.72.